The Bertz CT molecular complexity index is 219. The molecule has 0 aromatic rings. The summed E-state index contributed by atoms with van der Waals surface area (Å²) >= 11 is -1.04. The van der Waals surface area contributed by atoms with Crippen molar-refractivity contribution in [3.05, 3.63) is 0 Å². The first kappa shape index (κ1) is 21.1. The van der Waals surface area contributed by atoms with Gasteiger partial charge < -0.3 is 0 Å². The van der Waals surface area contributed by atoms with Crippen LogP contribution in [0.25, 0.3) is 0 Å². The van der Waals surface area contributed by atoms with E-state index in [1.54, 1.807) is 0 Å². The van der Waals surface area contributed by atoms with Crippen molar-refractivity contribution < 1.29 is 8.39 Å². The van der Waals surface area contributed by atoms with Crippen LogP contribution in [0, 0.1) is 0 Å². The van der Waals surface area contributed by atoms with Gasteiger partial charge in [0.25, 0.3) is 0 Å². The highest BCUT2D eigenvalue weighted by Crippen LogP contribution is 2.13. The number of hydrogen-bond acceptors (Lipinski definition) is 2. The van der Waals surface area contributed by atoms with Gasteiger partial charge >= 0.3 is 0 Å². The van der Waals surface area contributed by atoms with E-state index in [-0.39, 0.29) is 0 Å². The first-order valence-electron chi connectivity index (χ1n) is 9.24. The Hall–Kier alpha value is 0.110. The molecule has 0 saturated heterocycles. The zero-order chi connectivity index (χ0) is 15.6. The van der Waals surface area contributed by atoms with E-state index in [2.05, 4.69) is 6.92 Å². The van der Waals surface area contributed by atoms with Gasteiger partial charge in [0.05, 0.1) is 7.11 Å². The van der Waals surface area contributed by atoms with Crippen molar-refractivity contribution in [2.24, 2.45) is 0 Å². The van der Waals surface area contributed by atoms with E-state index < -0.39 is 11.1 Å². The van der Waals surface area contributed by atoms with Crippen LogP contribution in [0.4, 0.5) is 0 Å². The van der Waals surface area contributed by atoms with Crippen LogP contribution in [0.5, 0.6) is 0 Å². The maximum atomic E-state index is 11.0. The molecule has 0 heterocycles. The third-order valence-corrected chi connectivity index (χ3v) is 5.09. The maximum absolute atomic E-state index is 11.0. The van der Waals surface area contributed by atoms with Crippen LogP contribution in [0.1, 0.15) is 103 Å². The first-order chi connectivity index (χ1) is 10.3. The minimum atomic E-state index is -1.04. The normalized spacial score (nSPS) is 12.7. The minimum Gasteiger partial charge on any atom is -0.294 e. The van der Waals surface area contributed by atoms with Crippen molar-refractivity contribution >= 4 is 11.1 Å². The van der Waals surface area contributed by atoms with E-state index in [1.165, 1.54) is 97.0 Å². The topological polar surface area (TPSA) is 26.3 Å². The molecule has 0 aliphatic carbocycles. The number of rotatable bonds is 17. The molecule has 21 heavy (non-hydrogen) atoms. The number of unbranched alkanes of at least 4 members (excludes halogenated alkanes) is 14. The van der Waals surface area contributed by atoms with Crippen LogP contribution < -0.4 is 0 Å². The van der Waals surface area contributed by atoms with Gasteiger partial charge in [0.1, 0.15) is 0 Å². The Labute approximate surface area is 136 Å². The molecule has 0 saturated carbocycles. The van der Waals surface area contributed by atoms with Gasteiger partial charge in [0, 0.05) is 5.75 Å². The second-order valence-corrected chi connectivity index (χ2v) is 7.47. The number of hydrogen-bond donors (Lipinski definition) is 0. The molecule has 0 rings (SSSR count). The zero-order valence-corrected chi connectivity index (χ0v) is 15.4. The van der Waals surface area contributed by atoms with E-state index in [4.69, 9.17) is 4.18 Å². The summed E-state index contributed by atoms with van der Waals surface area (Å²) in [5.41, 5.74) is 0. The SMILES string of the molecule is CCCCCCCCCCCCCCCCCS(=O)OC. The molecule has 1 unspecified atom stereocenters. The first-order valence-corrected chi connectivity index (χ1v) is 10.5. The van der Waals surface area contributed by atoms with Crippen LogP contribution in [0.3, 0.4) is 0 Å². The molecule has 3 heteroatoms. The van der Waals surface area contributed by atoms with Gasteiger partial charge in [-0.3, -0.25) is 4.18 Å². The Balaban J connectivity index is 2.98. The van der Waals surface area contributed by atoms with Crippen molar-refractivity contribution in [2.75, 3.05) is 12.9 Å². The summed E-state index contributed by atoms with van der Waals surface area (Å²) in [5, 5.41) is 0. The largest absolute Gasteiger partial charge is 0.294 e. The molecule has 0 aliphatic rings. The molecular formula is C18H38O2S. The Morgan fingerprint density at radius 3 is 1.29 bits per heavy atom. The lowest BCUT2D eigenvalue weighted by molar-refractivity contribution is 0.443. The van der Waals surface area contributed by atoms with Gasteiger partial charge in [-0.25, -0.2) is 4.21 Å². The molecule has 0 spiro atoms. The summed E-state index contributed by atoms with van der Waals surface area (Å²) in [6, 6.07) is 0. The van der Waals surface area contributed by atoms with Gasteiger partial charge in [-0.15, -0.1) is 0 Å². The molecule has 0 fully saturated rings. The molecule has 0 bridgehead atoms. The Morgan fingerprint density at radius 2 is 0.952 bits per heavy atom. The second-order valence-electron chi connectivity index (χ2n) is 6.12. The molecule has 2 nitrogen and oxygen atoms in total. The lowest BCUT2D eigenvalue weighted by Crippen LogP contribution is -1.98. The van der Waals surface area contributed by atoms with Crippen molar-refractivity contribution in [3.63, 3.8) is 0 Å². The second kappa shape index (κ2) is 18.2. The molecule has 1 atom stereocenters. The zero-order valence-electron chi connectivity index (χ0n) is 14.5. The lowest BCUT2D eigenvalue weighted by atomic mass is 10.0. The molecule has 0 aliphatic heterocycles. The monoisotopic (exact) mass is 318 g/mol. The smallest absolute Gasteiger partial charge is 0.155 e. The third-order valence-electron chi connectivity index (χ3n) is 4.10. The predicted molar refractivity (Wildman–Crippen MR) is 94.9 cm³/mol. The fourth-order valence-electron chi connectivity index (χ4n) is 2.67. The van der Waals surface area contributed by atoms with Gasteiger partial charge in [0.15, 0.2) is 11.1 Å². The standard InChI is InChI=1S/C18H38O2S/c1-3-4-5-6-7-8-9-10-11-12-13-14-15-16-17-18-21(19)20-2/h3-18H2,1-2H3. The highest BCUT2D eigenvalue weighted by Gasteiger charge is 1.97. The van der Waals surface area contributed by atoms with Crippen molar-refractivity contribution in [2.45, 2.75) is 103 Å². The van der Waals surface area contributed by atoms with Crippen LogP contribution in [0.2, 0.25) is 0 Å². The summed E-state index contributed by atoms with van der Waals surface area (Å²) in [4.78, 5) is 0. The molecule has 0 aromatic carbocycles. The Morgan fingerprint density at radius 1 is 0.619 bits per heavy atom. The van der Waals surface area contributed by atoms with Crippen LogP contribution in [-0.2, 0) is 15.3 Å². The predicted octanol–water partition coefficient (Wildman–Crippen LogP) is 6.17. The highest BCUT2D eigenvalue weighted by atomic mass is 32.2. The summed E-state index contributed by atoms with van der Waals surface area (Å²) in [5.74, 6) is 0.703. The van der Waals surface area contributed by atoms with Crippen LogP contribution >= 0.6 is 0 Å². The van der Waals surface area contributed by atoms with Crippen molar-refractivity contribution in [1.29, 1.82) is 0 Å². The van der Waals surface area contributed by atoms with E-state index in [0.717, 1.165) is 6.42 Å². The molecule has 128 valence electrons. The van der Waals surface area contributed by atoms with Crippen LogP contribution in [-0.4, -0.2) is 17.1 Å². The van der Waals surface area contributed by atoms with Gasteiger partial charge in [-0.1, -0.05) is 96.8 Å². The maximum Gasteiger partial charge on any atom is 0.155 e. The average Bonchev–Trinajstić information content (AvgIpc) is 2.50. The van der Waals surface area contributed by atoms with E-state index in [1.807, 2.05) is 0 Å². The quantitative estimate of drug-likeness (QED) is 0.300. The van der Waals surface area contributed by atoms with Crippen molar-refractivity contribution in [3.8, 4) is 0 Å². The summed E-state index contributed by atoms with van der Waals surface area (Å²) in [7, 11) is 1.52. The van der Waals surface area contributed by atoms with E-state index in [9.17, 15) is 4.21 Å². The van der Waals surface area contributed by atoms with Gasteiger partial charge in [-0.2, -0.15) is 0 Å². The summed E-state index contributed by atoms with van der Waals surface area (Å²) < 4.78 is 15.8. The summed E-state index contributed by atoms with van der Waals surface area (Å²) in [6.07, 6.45) is 20.5. The lowest BCUT2D eigenvalue weighted by Gasteiger charge is -2.03. The fraction of sp³-hybridized carbons (Fsp3) is 1.00. The minimum absolute atomic E-state index is 0.703. The third kappa shape index (κ3) is 18.1. The molecular weight excluding hydrogens is 280 g/mol. The van der Waals surface area contributed by atoms with Crippen molar-refractivity contribution in [1.82, 2.24) is 0 Å². The Kier molecular flexibility index (Phi) is 18.3. The van der Waals surface area contributed by atoms with Crippen LogP contribution in [0.15, 0.2) is 0 Å². The average molecular weight is 319 g/mol. The molecule has 0 radical (unpaired) electrons. The molecule has 0 amide bonds. The van der Waals surface area contributed by atoms with E-state index in [0.29, 0.717) is 5.75 Å². The molecule has 0 N–H and O–H groups in total. The summed E-state index contributed by atoms with van der Waals surface area (Å²) in [6.45, 7) is 2.28. The van der Waals surface area contributed by atoms with E-state index >= 15 is 0 Å². The van der Waals surface area contributed by atoms with Gasteiger partial charge in [0.2, 0.25) is 0 Å². The molecule has 0 aromatic heterocycles. The van der Waals surface area contributed by atoms with Gasteiger partial charge in [-0.05, 0) is 6.42 Å². The highest BCUT2D eigenvalue weighted by molar-refractivity contribution is 7.80. The fourth-order valence-corrected chi connectivity index (χ4v) is 3.28.